The predicted octanol–water partition coefficient (Wildman–Crippen LogP) is 2.35. The number of halogens is 1. The van der Waals surface area contributed by atoms with Crippen molar-refractivity contribution in [3.05, 3.63) is 23.4 Å². The Morgan fingerprint density at radius 2 is 2.23 bits per heavy atom. The van der Waals surface area contributed by atoms with Gasteiger partial charge < -0.3 is 15.5 Å². The topological polar surface area (TPSA) is 55.8 Å². The fraction of sp³-hybridized carbons (Fsp3) is 0.684. The van der Waals surface area contributed by atoms with E-state index in [1.165, 1.54) is 12.8 Å². The first kappa shape index (κ1) is 19.2. The van der Waals surface area contributed by atoms with Crippen molar-refractivity contribution in [1.29, 1.82) is 0 Å². The number of nitrogens with one attached hydrogen (secondary N) is 2. The molecule has 1 aromatic rings. The maximum absolute atomic E-state index is 6.27. The van der Waals surface area contributed by atoms with Gasteiger partial charge in [0, 0.05) is 57.5 Å². The van der Waals surface area contributed by atoms with E-state index >= 15 is 0 Å². The lowest BCUT2D eigenvalue weighted by Gasteiger charge is -2.27. The van der Waals surface area contributed by atoms with E-state index in [9.17, 15) is 0 Å². The summed E-state index contributed by atoms with van der Waals surface area (Å²) < 4.78 is 0. The van der Waals surface area contributed by atoms with E-state index in [2.05, 4.69) is 44.3 Å². The second kappa shape index (κ2) is 8.91. The molecule has 1 saturated carbocycles. The van der Waals surface area contributed by atoms with Gasteiger partial charge in [0.1, 0.15) is 5.82 Å². The molecule has 2 aliphatic rings. The van der Waals surface area contributed by atoms with Gasteiger partial charge >= 0.3 is 0 Å². The molecular formula is C19H31ClN6. The molecule has 7 heteroatoms. The lowest BCUT2D eigenvalue weighted by Crippen LogP contribution is -2.47. The van der Waals surface area contributed by atoms with Crippen molar-refractivity contribution in [1.82, 2.24) is 20.5 Å². The van der Waals surface area contributed by atoms with Crippen LogP contribution in [0.3, 0.4) is 0 Å². The molecule has 2 fully saturated rings. The lowest BCUT2D eigenvalue weighted by molar-refractivity contribution is 0.215. The SMILES string of the molecule is CN=C(NCCN(C(C)C)C1CC1)NC1CCN(c2ncccc2Cl)C1. The molecule has 0 radical (unpaired) electrons. The normalized spacial score (nSPS) is 20.9. The summed E-state index contributed by atoms with van der Waals surface area (Å²) in [6.07, 6.45) is 5.54. The molecule has 1 atom stereocenters. The minimum atomic E-state index is 0.351. The summed E-state index contributed by atoms with van der Waals surface area (Å²) in [4.78, 5) is 13.6. The summed E-state index contributed by atoms with van der Waals surface area (Å²) in [6.45, 7) is 8.37. The molecule has 6 nitrogen and oxygen atoms in total. The first-order valence-corrected chi connectivity index (χ1v) is 10.0. The number of nitrogens with zero attached hydrogens (tertiary/aromatic N) is 4. The molecule has 3 rings (SSSR count). The molecular weight excluding hydrogens is 348 g/mol. The van der Waals surface area contributed by atoms with Gasteiger partial charge in [-0.15, -0.1) is 0 Å². The number of guanidine groups is 1. The summed E-state index contributed by atoms with van der Waals surface area (Å²) in [5.41, 5.74) is 0. The Bertz CT molecular complexity index is 614. The van der Waals surface area contributed by atoms with Crippen LogP contribution in [0.1, 0.15) is 33.1 Å². The smallest absolute Gasteiger partial charge is 0.191 e. The van der Waals surface area contributed by atoms with E-state index in [0.717, 1.165) is 50.4 Å². The third kappa shape index (κ3) is 5.01. The number of hydrogen-bond donors (Lipinski definition) is 2. The fourth-order valence-electron chi connectivity index (χ4n) is 3.64. The van der Waals surface area contributed by atoms with Crippen LogP contribution in [0.4, 0.5) is 5.82 Å². The van der Waals surface area contributed by atoms with Gasteiger partial charge in [-0.25, -0.2) is 4.98 Å². The van der Waals surface area contributed by atoms with Crippen molar-refractivity contribution < 1.29 is 0 Å². The highest BCUT2D eigenvalue weighted by molar-refractivity contribution is 6.32. The van der Waals surface area contributed by atoms with E-state index < -0.39 is 0 Å². The fourth-order valence-corrected chi connectivity index (χ4v) is 3.88. The summed E-state index contributed by atoms with van der Waals surface area (Å²) in [7, 11) is 1.83. The van der Waals surface area contributed by atoms with Crippen LogP contribution in [-0.2, 0) is 0 Å². The minimum Gasteiger partial charge on any atom is -0.355 e. The van der Waals surface area contributed by atoms with Gasteiger partial charge in [-0.3, -0.25) is 9.89 Å². The summed E-state index contributed by atoms with van der Waals surface area (Å²) in [6, 6.07) is 5.50. The number of rotatable bonds is 7. The average Bonchev–Trinajstić information content (AvgIpc) is 3.36. The first-order valence-electron chi connectivity index (χ1n) is 9.67. The van der Waals surface area contributed by atoms with Crippen molar-refractivity contribution in [3.63, 3.8) is 0 Å². The van der Waals surface area contributed by atoms with E-state index in [-0.39, 0.29) is 0 Å². The Morgan fingerprint density at radius 3 is 2.88 bits per heavy atom. The molecule has 0 aromatic carbocycles. The van der Waals surface area contributed by atoms with Crippen LogP contribution in [0, 0.1) is 0 Å². The highest BCUT2D eigenvalue weighted by atomic mass is 35.5. The third-order valence-corrected chi connectivity index (χ3v) is 5.43. The van der Waals surface area contributed by atoms with Crippen LogP contribution < -0.4 is 15.5 Å². The van der Waals surface area contributed by atoms with E-state index in [1.807, 2.05) is 19.2 Å². The van der Waals surface area contributed by atoms with Crippen LogP contribution in [0.25, 0.3) is 0 Å². The van der Waals surface area contributed by atoms with Crippen LogP contribution in [0.2, 0.25) is 5.02 Å². The molecule has 26 heavy (non-hydrogen) atoms. The number of aliphatic imine (C=N–C) groups is 1. The second-order valence-electron chi connectivity index (χ2n) is 7.45. The van der Waals surface area contributed by atoms with Crippen molar-refractivity contribution in [2.75, 3.05) is 38.1 Å². The van der Waals surface area contributed by atoms with E-state index in [0.29, 0.717) is 17.1 Å². The zero-order valence-electron chi connectivity index (χ0n) is 16.1. The van der Waals surface area contributed by atoms with E-state index in [4.69, 9.17) is 11.6 Å². The monoisotopic (exact) mass is 378 g/mol. The quantitative estimate of drug-likeness (QED) is 0.563. The van der Waals surface area contributed by atoms with E-state index in [1.54, 1.807) is 6.20 Å². The van der Waals surface area contributed by atoms with Gasteiger partial charge in [-0.05, 0) is 45.2 Å². The molecule has 0 amide bonds. The maximum atomic E-state index is 6.27. The van der Waals surface area contributed by atoms with Gasteiger partial charge in [-0.1, -0.05) is 11.6 Å². The molecule has 1 aromatic heterocycles. The molecule has 2 N–H and O–H groups in total. The molecule has 144 valence electrons. The van der Waals surface area contributed by atoms with Crippen LogP contribution in [0.5, 0.6) is 0 Å². The number of aromatic nitrogens is 1. The van der Waals surface area contributed by atoms with Crippen LogP contribution >= 0.6 is 11.6 Å². The maximum Gasteiger partial charge on any atom is 0.191 e. The van der Waals surface area contributed by atoms with Crippen molar-refractivity contribution >= 4 is 23.4 Å². The molecule has 0 bridgehead atoms. The van der Waals surface area contributed by atoms with Crippen molar-refractivity contribution in [3.8, 4) is 0 Å². The zero-order valence-corrected chi connectivity index (χ0v) is 16.8. The first-order chi connectivity index (χ1) is 12.6. The van der Waals surface area contributed by atoms with Crippen LogP contribution in [0.15, 0.2) is 23.3 Å². The molecule has 1 unspecified atom stereocenters. The predicted molar refractivity (Wildman–Crippen MR) is 109 cm³/mol. The molecule has 1 aliphatic carbocycles. The molecule has 1 aliphatic heterocycles. The van der Waals surface area contributed by atoms with Gasteiger partial charge in [0.2, 0.25) is 0 Å². The van der Waals surface area contributed by atoms with Gasteiger partial charge in [0.25, 0.3) is 0 Å². The Kier molecular flexibility index (Phi) is 6.59. The third-order valence-electron chi connectivity index (χ3n) is 5.13. The molecule has 2 heterocycles. The van der Waals surface area contributed by atoms with Crippen molar-refractivity contribution in [2.45, 2.75) is 51.2 Å². The van der Waals surface area contributed by atoms with Gasteiger partial charge in [0.05, 0.1) is 5.02 Å². The number of anilines is 1. The highest BCUT2D eigenvalue weighted by Crippen LogP contribution is 2.28. The Morgan fingerprint density at radius 1 is 1.42 bits per heavy atom. The zero-order chi connectivity index (χ0) is 18.5. The Balaban J connectivity index is 1.45. The second-order valence-corrected chi connectivity index (χ2v) is 7.85. The summed E-state index contributed by atoms with van der Waals surface area (Å²) in [5.74, 6) is 1.75. The number of hydrogen-bond acceptors (Lipinski definition) is 4. The Labute approximate surface area is 162 Å². The lowest BCUT2D eigenvalue weighted by atomic mass is 10.3. The average molecular weight is 379 g/mol. The largest absolute Gasteiger partial charge is 0.355 e. The molecule has 0 spiro atoms. The summed E-state index contributed by atoms with van der Waals surface area (Å²) >= 11 is 6.27. The van der Waals surface area contributed by atoms with Gasteiger partial charge in [0.15, 0.2) is 5.96 Å². The van der Waals surface area contributed by atoms with Crippen molar-refractivity contribution in [2.24, 2.45) is 4.99 Å². The summed E-state index contributed by atoms with van der Waals surface area (Å²) in [5, 5.41) is 7.72. The van der Waals surface area contributed by atoms with Gasteiger partial charge in [-0.2, -0.15) is 0 Å². The molecule has 1 saturated heterocycles. The number of pyridine rings is 1. The standard InChI is InChI=1S/C19H31ClN6/c1-14(2)26(16-6-7-16)12-10-23-19(21-3)24-15-8-11-25(13-15)18-17(20)5-4-9-22-18/h4-5,9,14-16H,6-8,10-13H2,1-3H3,(H2,21,23,24). The Hall–Kier alpha value is -1.53. The highest BCUT2D eigenvalue weighted by Gasteiger charge is 2.30. The minimum absolute atomic E-state index is 0.351. The van der Waals surface area contributed by atoms with Crippen LogP contribution in [-0.4, -0.2) is 67.2 Å².